The molecule has 0 aromatic heterocycles. The molecule has 0 aliphatic rings. The Balaban J connectivity index is 1.45. The molecule has 0 saturated carbocycles. The third kappa shape index (κ3) is 8.33. The Hall–Kier alpha value is -3.80. The molecule has 0 aliphatic carbocycles. The molecule has 3 aromatic rings. The Bertz CT molecular complexity index is 1020. The molecule has 6 heteroatoms. The van der Waals surface area contributed by atoms with Crippen molar-refractivity contribution in [2.75, 3.05) is 6.61 Å². The van der Waals surface area contributed by atoms with Gasteiger partial charge in [0.25, 0.3) is 5.91 Å². The van der Waals surface area contributed by atoms with Crippen molar-refractivity contribution in [2.45, 2.75) is 39.2 Å². The molecule has 3 rings (SSSR count). The first-order chi connectivity index (χ1) is 16.1. The van der Waals surface area contributed by atoms with Crippen molar-refractivity contribution in [3.63, 3.8) is 0 Å². The van der Waals surface area contributed by atoms with E-state index in [4.69, 9.17) is 14.2 Å². The summed E-state index contributed by atoms with van der Waals surface area (Å²) >= 11 is 0. The average Bonchev–Trinajstić information content (AvgIpc) is 2.84. The second kappa shape index (κ2) is 12.9. The minimum Gasteiger partial charge on any atom is -0.494 e. The number of nitrogens with one attached hydrogen (secondary N) is 1. The fourth-order valence-electron chi connectivity index (χ4n) is 2.96. The van der Waals surface area contributed by atoms with Gasteiger partial charge >= 0.3 is 0 Å². The Labute approximate surface area is 195 Å². The highest BCUT2D eigenvalue weighted by Gasteiger charge is 2.14. The fourth-order valence-corrected chi connectivity index (χ4v) is 2.96. The quantitative estimate of drug-likeness (QED) is 0.212. The minimum absolute atomic E-state index is 0.345. The topological polar surface area (TPSA) is 69.2 Å². The first-order valence-electron chi connectivity index (χ1n) is 11.2. The van der Waals surface area contributed by atoms with Gasteiger partial charge in [0, 0.05) is 0 Å². The summed E-state index contributed by atoms with van der Waals surface area (Å²) in [5, 5.41) is 4.04. The van der Waals surface area contributed by atoms with E-state index < -0.39 is 6.10 Å². The van der Waals surface area contributed by atoms with Crippen molar-refractivity contribution in [2.24, 2.45) is 5.10 Å². The van der Waals surface area contributed by atoms with Crippen LogP contribution in [0.5, 0.6) is 23.0 Å². The lowest BCUT2D eigenvalue weighted by Gasteiger charge is -2.13. The Morgan fingerprint density at radius 3 is 2.39 bits per heavy atom. The van der Waals surface area contributed by atoms with Crippen molar-refractivity contribution < 1.29 is 19.0 Å². The molecule has 0 heterocycles. The van der Waals surface area contributed by atoms with Crippen molar-refractivity contribution in [3.8, 4) is 23.0 Å². The molecule has 0 fully saturated rings. The highest BCUT2D eigenvalue weighted by atomic mass is 16.5. The van der Waals surface area contributed by atoms with E-state index in [1.807, 2.05) is 66.7 Å². The summed E-state index contributed by atoms with van der Waals surface area (Å²) in [6.07, 6.45) is 4.22. The maximum atomic E-state index is 12.3. The number of hydrogen-bond donors (Lipinski definition) is 1. The van der Waals surface area contributed by atoms with Crippen molar-refractivity contribution in [3.05, 3.63) is 84.4 Å². The molecule has 1 amide bonds. The summed E-state index contributed by atoms with van der Waals surface area (Å²) in [4.78, 5) is 12.3. The van der Waals surface area contributed by atoms with E-state index in [9.17, 15) is 4.79 Å². The number of ether oxygens (including phenoxy) is 3. The van der Waals surface area contributed by atoms with Crippen LogP contribution in [0, 0.1) is 0 Å². The van der Waals surface area contributed by atoms with Crippen LogP contribution in [0.4, 0.5) is 0 Å². The molecular weight excluding hydrogens is 416 g/mol. The molecule has 1 N–H and O–H groups in total. The van der Waals surface area contributed by atoms with Crippen LogP contribution in [-0.4, -0.2) is 24.8 Å². The van der Waals surface area contributed by atoms with E-state index in [1.54, 1.807) is 25.3 Å². The molecule has 33 heavy (non-hydrogen) atoms. The number of benzene rings is 3. The van der Waals surface area contributed by atoms with Gasteiger partial charge in [-0.2, -0.15) is 5.10 Å². The summed E-state index contributed by atoms with van der Waals surface area (Å²) in [5.41, 5.74) is 3.31. The van der Waals surface area contributed by atoms with Crippen molar-refractivity contribution in [1.29, 1.82) is 0 Å². The van der Waals surface area contributed by atoms with Crippen LogP contribution < -0.4 is 19.6 Å². The highest BCUT2D eigenvalue weighted by Crippen LogP contribution is 2.21. The lowest BCUT2D eigenvalue weighted by Crippen LogP contribution is -2.33. The number of nitrogens with zero attached hydrogens (tertiary/aromatic N) is 1. The number of rotatable bonds is 12. The zero-order chi connectivity index (χ0) is 23.3. The number of hydrogen-bond acceptors (Lipinski definition) is 5. The summed E-state index contributed by atoms with van der Waals surface area (Å²) in [7, 11) is 0. The van der Waals surface area contributed by atoms with Gasteiger partial charge < -0.3 is 14.2 Å². The van der Waals surface area contributed by atoms with Gasteiger partial charge in [-0.15, -0.1) is 0 Å². The number of unbranched alkanes of at least 4 members (excludes halogenated alkanes) is 2. The van der Waals surface area contributed by atoms with Crippen LogP contribution in [0.25, 0.3) is 0 Å². The smallest absolute Gasteiger partial charge is 0.280 e. The fraction of sp³-hybridized carbons (Fsp3) is 0.259. The van der Waals surface area contributed by atoms with Crippen molar-refractivity contribution in [1.82, 2.24) is 5.43 Å². The maximum Gasteiger partial charge on any atom is 0.280 e. The second-order valence-corrected chi connectivity index (χ2v) is 7.51. The van der Waals surface area contributed by atoms with Crippen LogP contribution in [0.1, 0.15) is 38.7 Å². The van der Waals surface area contributed by atoms with Gasteiger partial charge in [-0.1, -0.05) is 50.1 Å². The maximum absolute atomic E-state index is 12.3. The molecule has 0 saturated heterocycles. The number of carbonyl (C=O) groups excluding carboxylic acids is 1. The Morgan fingerprint density at radius 1 is 0.909 bits per heavy atom. The largest absolute Gasteiger partial charge is 0.494 e. The van der Waals surface area contributed by atoms with Crippen LogP contribution in [-0.2, 0) is 4.79 Å². The van der Waals surface area contributed by atoms with E-state index in [2.05, 4.69) is 17.5 Å². The van der Waals surface area contributed by atoms with Crippen LogP contribution in [0.2, 0.25) is 0 Å². The Morgan fingerprint density at radius 2 is 1.64 bits per heavy atom. The Kier molecular flexibility index (Phi) is 9.33. The molecule has 0 aliphatic heterocycles. The monoisotopic (exact) mass is 446 g/mol. The summed E-state index contributed by atoms with van der Waals surface area (Å²) in [6.45, 7) is 4.54. The molecule has 6 nitrogen and oxygen atoms in total. The number of amides is 1. The van der Waals surface area contributed by atoms with E-state index in [1.165, 1.54) is 0 Å². The molecule has 0 bridgehead atoms. The standard InChI is InChI=1S/C27H30N2O4/c1-3-4-8-18-31-23-14-16-25(17-15-23)32-21(2)27(30)29-28-20-22-10-9-13-26(19-22)33-24-11-6-5-7-12-24/h5-7,9-17,19-21H,3-4,8,18H2,1-2H3,(H,29,30). The average molecular weight is 447 g/mol. The summed E-state index contributed by atoms with van der Waals surface area (Å²) in [5.74, 6) is 2.47. The lowest BCUT2D eigenvalue weighted by molar-refractivity contribution is -0.127. The van der Waals surface area contributed by atoms with Gasteiger partial charge in [0.1, 0.15) is 23.0 Å². The molecule has 0 spiro atoms. The number of hydrazone groups is 1. The van der Waals surface area contributed by atoms with E-state index in [0.29, 0.717) is 18.1 Å². The van der Waals surface area contributed by atoms with Crippen LogP contribution in [0.3, 0.4) is 0 Å². The summed E-state index contributed by atoms with van der Waals surface area (Å²) < 4.78 is 17.2. The second-order valence-electron chi connectivity index (χ2n) is 7.51. The predicted octanol–water partition coefficient (Wildman–Crippen LogP) is 5.97. The first kappa shape index (κ1) is 23.9. The zero-order valence-corrected chi connectivity index (χ0v) is 19.1. The normalized spacial score (nSPS) is 11.7. The van der Waals surface area contributed by atoms with Gasteiger partial charge in [-0.05, 0) is 67.4 Å². The summed E-state index contributed by atoms with van der Waals surface area (Å²) in [6, 6.07) is 24.2. The predicted molar refractivity (Wildman–Crippen MR) is 130 cm³/mol. The molecular formula is C27H30N2O4. The highest BCUT2D eigenvalue weighted by molar-refractivity contribution is 5.84. The van der Waals surface area contributed by atoms with Gasteiger partial charge in [-0.25, -0.2) is 5.43 Å². The number of para-hydroxylation sites is 1. The number of carbonyl (C=O) groups is 1. The minimum atomic E-state index is -0.703. The lowest BCUT2D eigenvalue weighted by atomic mass is 10.2. The van der Waals surface area contributed by atoms with Gasteiger partial charge in [-0.3, -0.25) is 4.79 Å². The van der Waals surface area contributed by atoms with Gasteiger partial charge in [0.05, 0.1) is 12.8 Å². The molecule has 1 atom stereocenters. The molecule has 1 unspecified atom stereocenters. The zero-order valence-electron chi connectivity index (χ0n) is 19.1. The van der Waals surface area contributed by atoms with Crippen LogP contribution in [0.15, 0.2) is 84.0 Å². The van der Waals surface area contributed by atoms with E-state index >= 15 is 0 Å². The first-order valence-corrected chi connectivity index (χ1v) is 11.2. The SMILES string of the molecule is CCCCCOc1ccc(OC(C)C(=O)NN=Cc2cccc(Oc3ccccc3)c2)cc1. The molecule has 172 valence electrons. The van der Waals surface area contributed by atoms with E-state index in [0.717, 1.165) is 36.3 Å². The van der Waals surface area contributed by atoms with Gasteiger partial charge in [0.15, 0.2) is 6.10 Å². The molecule has 0 radical (unpaired) electrons. The third-order valence-corrected chi connectivity index (χ3v) is 4.75. The van der Waals surface area contributed by atoms with Crippen LogP contribution >= 0.6 is 0 Å². The van der Waals surface area contributed by atoms with Crippen molar-refractivity contribution >= 4 is 12.1 Å². The van der Waals surface area contributed by atoms with Gasteiger partial charge in [0.2, 0.25) is 0 Å². The third-order valence-electron chi connectivity index (χ3n) is 4.75. The molecule has 3 aromatic carbocycles. The van der Waals surface area contributed by atoms with E-state index in [-0.39, 0.29) is 5.91 Å².